The van der Waals surface area contributed by atoms with Crippen LogP contribution in [0.1, 0.15) is 35.1 Å². The van der Waals surface area contributed by atoms with Gasteiger partial charge in [0.15, 0.2) is 11.5 Å². The van der Waals surface area contributed by atoms with Crippen LogP contribution in [0.5, 0.6) is 0 Å². The third-order valence-electron chi connectivity index (χ3n) is 4.39. The van der Waals surface area contributed by atoms with Crippen molar-refractivity contribution in [1.29, 1.82) is 0 Å². The third kappa shape index (κ3) is 4.57. The molecule has 1 atom stereocenters. The van der Waals surface area contributed by atoms with E-state index in [0.717, 1.165) is 12.3 Å². The Morgan fingerprint density at radius 2 is 2.10 bits per heavy atom. The topological polar surface area (TPSA) is 115 Å². The second kappa shape index (κ2) is 8.58. The van der Waals surface area contributed by atoms with E-state index in [0.29, 0.717) is 0 Å². The van der Waals surface area contributed by atoms with Crippen molar-refractivity contribution in [2.24, 2.45) is 10.7 Å². The van der Waals surface area contributed by atoms with E-state index in [1.54, 1.807) is 0 Å². The van der Waals surface area contributed by atoms with Gasteiger partial charge in [0.1, 0.15) is 29.5 Å². The van der Waals surface area contributed by atoms with Crippen molar-refractivity contribution in [2.75, 3.05) is 24.4 Å². The summed E-state index contributed by atoms with van der Waals surface area (Å²) in [5.74, 6) is -1.72. The lowest BCUT2D eigenvalue weighted by Crippen LogP contribution is -2.31. The van der Waals surface area contributed by atoms with Crippen LogP contribution in [0, 0.1) is 5.82 Å². The number of allylic oxidation sites excluding steroid dienone is 1. The lowest BCUT2D eigenvalue weighted by Gasteiger charge is -2.28. The molecule has 8 nitrogen and oxygen atoms in total. The number of nitrogens with zero attached hydrogens (tertiary/aromatic N) is 3. The van der Waals surface area contributed by atoms with Gasteiger partial charge in [0.2, 0.25) is 0 Å². The molecule has 12 heteroatoms. The first kappa shape index (κ1) is 22.0. The molecule has 1 amide bonds. The van der Waals surface area contributed by atoms with Crippen molar-refractivity contribution >= 4 is 23.4 Å². The Morgan fingerprint density at radius 1 is 1.35 bits per heavy atom. The van der Waals surface area contributed by atoms with Crippen molar-refractivity contribution in [3.05, 3.63) is 59.0 Å². The van der Waals surface area contributed by atoms with Crippen LogP contribution in [0.2, 0.25) is 0 Å². The summed E-state index contributed by atoms with van der Waals surface area (Å²) in [6.07, 6.45) is -0.784. The lowest BCUT2D eigenvalue weighted by atomic mass is 9.90. The van der Waals surface area contributed by atoms with Gasteiger partial charge < -0.3 is 21.1 Å². The van der Waals surface area contributed by atoms with Crippen LogP contribution >= 0.6 is 0 Å². The van der Waals surface area contributed by atoms with Crippen LogP contribution in [0.4, 0.5) is 29.1 Å². The highest BCUT2D eigenvalue weighted by atomic mass is 19.3. The molecule has 1 aliphatic rings. The van der Waals surface area contributed by atoms with Crippen molar-refractivity contribution < 1.29 is 27.1 Å². The number of ether oxygens (including phenoxy) is 1. The molecule has 1 aliphatic heterocycles. The second-order valence-corrected chi connectivity index (χ2v) is 6.64. The first-order valence-electron chi connectivity index (χ1n) is 8.92. The van der Waals surface area contributed by atoms with Gasteiger partial charge in [0.05, 0.1) is 6.20 Å². The summed E-state index contributed by atoms with van der Waals surface area (Å²) in [6.45, 7) is 0.527. The first-order valence-corrected chi connectivity index (χ1v) is 8.92. The molecule has 0 saturated heterocycles. The minimum absolute atomic E-state index is 0.00419. The molecule has 1 aromatic heterocycles. The van der Waals surface area contributed by atoms with Gasteiger partial charge in [-0.1, -0.05) is 0 Å². The summed E-state index contributed by atoms with van der Waals surface area (Å²) in [4.78, 5) is 24.1. The number of hydrogen-bond acceptors (Lipinski definition) is 7. The molecule has 4 N–H and O–H groups in total. The minimum Gasteiger partial charge on any atom is -0.428 e. The number of amidine groups is 1. The van der Waals surface area contributed by atoms with Gasteiger partial charge in [-0.05, 0) is 31.2 Å². The molecule has 0 saturated carbocycles. The number of benzene rings is 1. The van der Waals surface area contributed by atoms with Crippen LogP contribution in [0.3, 0.4) is 0 Å². The van der Waals surface area contributed by atoms with Gasteiger partial charge in [-0.15, -0.1) is 0 Å². The van der Waals surface area contributed by atoms with Crippen LogP contribution in [-0.2, 0) is 10.3 Å². The molecule has 2 aromatic rings. The minimum atomic E-state index is -2.85. The number of alkyl halides is 3. The molecule has 2 heterocycles. The van der Waals surface area contributed by atoms with E-state index in [4.69, 9.17) is 10.5 Å². The number of nitrogens with one attached hydrogen (secondary N) is 2. The van der Waals surface area contributed by atoms with Crippen molar-refractivity contribution in [2.45, 2.75) is 18.9 Å². The van der Waals surface area contributed by atoms with E-state index in [1.807, 2.05) is 0 Å². The molecular weight excluding hydrogens is 420 g/mol. The Morgan fingerprint density at radius 3 is 2.74 bits per heavy atom. The first-order chi connectivity index (χ1) is 14.7. The lowest BCUT2D eigenvalue weighted by molar-refractivity contribution is 0.102. The average Bonchev–Trinajstić information content (AvgIpc) is 2.73. The molecule has 164 valence electrons. The zero-order valence-corrected chi connectivity index (χ0v) is 16.4. The number of hydrogen-bond donors (Lipinski definition) is 3. The summed E-state index contributed by atoms with van der Waals surface area (Å²) < 4.78 is 58.2. The van der Waals surface area contributed by atoms with Crippen LogP contribution in [-0.4, -0.2) is 35.6 Å². The zero-order valence-electron chi connectivity index (χ0n) is 16.4. The summed E-state index contributed by atoms with van der Waals surface area (Å²) in [7, 11) is 1.40. The predicted octanol–water partition coefficient (Wildman–Crippen LogP) is 3.26. The highest BCUT2D eigenvalue weighted by molar-refractivity contribution is 6.06. The van der Waals surface area contributed by atoms with E-state index in [2.05, 4.69) is 25.6 Å². The van der Waals surface area contributed by atoms with Gasteiger partial charge in [0, 0.05) is 18.3 Å². The van der Waals surface area contributed by atoms with Crippen LogP contribution < -0.4 is 16.4 Å². The number of halogens is 4. The SMILES string of the molecule is CNc1nc(C(F)F)cnc1C(=O)Nc1ccc(F)c([C@]2(C)C=C(CF)OC(N)=N2)c1. The molecule has 3 rings (SSSR count). The standard InChI is InChI=1S/C19H18F4N6O2/c1-19(6-10(7-20)31-18(24)29-19)11-5-9(3-4-12(11)21)27-17(30)14-16(25-2)28-13(8-26-14)15(22)23/h3-6,8,15H,7H2,1-2H3,(H2,24,29)(H,25,28)(H,27,30)/t19-/m0/s1. The number of aromatic nitrogens is 2. The average molecular weight is 438 g/mol. The molecule has 0 unspecified atom stereocenters. The molecular formula is C19H18F4N6O2. The molecule has 1 aromatic carbocycles. The van der Waals surface area contributed by atoms with Gasteiger partial charge in [-0.2, -0.15) is 0 Å². The van der Waals surface area contributed by atoms with Gasteiger partial charge in [0.25, 0.3) is 18.4 Å². The highest BCUT2D eigenvalue weighted by Crippen LogP contribution is 2.35. The Labute approximate surface area is 174 Å². The van der Waals surface area contributed by atoms with Crippen molar-refractivity contribution in [1.82, 2.24) is 9.97 Å². The molecule has 0 bridgehead atoms. The number of rotatable bonds is 6. The Balaban J connectivity index is 1.93. The Kier molecular flexibility index (Phi) is 6.09. The quantitative estimate of drug-likeness (QED) is 0.597. The predicted molar refractivity (Wildman–Crippen MR) is 105 cm³/mol. The van der Waals surface area contributed by atoms with E-state index >= 15 is 0 Å². The fraction of sp³-hybridized carbons (Fsp3) is 0.263. The van der Waals surface area contributed by atoms with E-state index in [9.17, 15) is 22.4 Å². The van der Waals surface area contributed by atoms with Gasteiger partial charge >= 0.3 is 0 Å². The largest absolute Gasteiger partial charge is 0.428 e. The van der Waals surface area contributed by atoms with Gasteiger partial charge in [-0.3, -0.25) is 4.79 Å². The molecule has 0 radical (unpaired) electrons. The third-order valence-corrected chi connectivity index (χ3v) is 4.39. The maximum atomic E-state index is 14.6. The molecule has 0 spiro atoms. The Hall–Kier alpha value is -3.70. The maximum Gasteiger partial charge on any atom is 0.288 e. The fourth-order valence-corrected chi connectivity index (χ4v) is 2.99. The number of carbonyl (C=O) groups excluding carboxylic acids is 1. The van der Waals surface area contributed by atoms with E-state index < -0.39 is 36.1 Å². The maximum absolute atomic E-state index is 14.6. The summed E-state index contributed by atoms with van der Waals surface area (Å²) in [6, 6.07) is 3.33. The molecule has 0 aliphatic carbocycles. The number of anilines is 2. The second-order valence-electron chi connectivity index (χ2n) is 6.64. The van der Waals surface area contributed by atoms with E-state index in [1.165, 1.54) is 32.2 Å². The summed E-state index contributed by atoms with van der Waals surface area (Å²) in [5, 5.41) is 5.04. The smallest absolute Gasteiger partial charge is 0.288 e. The Bertz CT molecular complexity index is 1080. The summed E-state index contributed by atoms with van der Waals surface area (Å²) >= 11 is 0. The normalized spacial score (nSPS) is 18.2. The number of nitrogens with two attached hydrogens (primary N) is 1. The van der Waals surface area contributed by atoms with Gasteiger partial charge in [-0.25, -0.2) is 32.5 Å². The number of amides is 1. The zero-order chi connectivity index (χ0) is 22.8. The van der Waals surface area contributed by atoms with E-state index in [-0.39, 0.29) is 34.5 Å². The van der Waals surface area contributed by atoms with Crippen molar-refractivity contribution in [3.63, 3.8) is 0 Å². The molecule has 0 fully saturated rings. The number of aliphatic imine (C=N–C) groups is 1. The number of carbonyl (C=O) groups is 1. The monoisotopic (exact) mass is 438 g/mol. The van der Waals surface area contributed by atoms with Crippen molar-refractivity contribution in [3.8, 4) is 0 Å². The molecule has 31 heavy (non-hydrogen) atoms. The van der Waals surface area contributed by atoms with Crippen LogP contribution in [0.25, 0.3) is 0 Å². The highest BCUT2D eigenvalue weighted by Gasteiger charge is 2.32. The fourth-order valence-electron chi connectivity index (χ4n) is 2.99. The van der Waals surface area contributed by atoms with Crippen LogP contribution in [0.15, 0.2) is 41.2 Å². The summed E-state index contributed by atoms with van der Waals surface area (Å²) in [5.41, 5.74) is 3.51.